The van der Waals surface area contributed by atoms with Crippen LogP contribution in [-0.2, 0) is 4.79 Å². The fourth-order valence-electron chi connectivity index (χ4n) is 0.500. The largest absolute Gasteiger partial charge is 0.366 e. The third-order valence-electron chi connectivity index (χ3n) is 0.942. The summed E-state index contributed by atoms with van der Waals surface area (Å²) in [6.07, 6.45) is 5.14. The predicted molar refractivity (Wildman–Crippen MR) is 37.8 cm³/mol. The van der Waals surface area contributed by atoms with Crippen LogP contribution in [0.25, 0.3) is 0 Å². The van der Waals surface area contributed by atoms with E-state index in [1.54, 1.807) is 25.2 Å². The summed E-state index contributed by atoms with van der Waals surface area (Å²) >= 11 is 0. The molecule has 0 saturated carbocycles. The third-order valence-corrected chi connectivity index (χ3v) is 0.942. The predicted octanol–water partition coefficient (Wildman–Crippen LogP) is 0.994. The third kappa shape index (κ3) is 2.69. The molecular formula is C7H11NO. The van der Waals surface area contributed by atoms with Gasteiger partial charge in [-0.3, -0.25) is 4.79 Å². The average Bonchev–Trinajstić information content (AvgIpc) is 1.82. The molecule has 0 unspecified atom stereocenters. The van der Waals surface area contributed by atoms with Gasteiger partial charge in [0.25, 0.3) is 0 Å². The molecule has 0 saturated heterocycles. The molecule has 0 aliphatic rings. The van der Waals surface area contributed by atoms with Crippen LogP contribution in [0.4, 0.5) is 0 Å². The minimum absolute atomic E-state index is 0.379. The van der Waals surface area contributed by atoms with Gasteiger partial charge in [0, 0.05) is 5.57 Å². The zero-order valence-electron chi connectivity index (χ0n) is 5.72. The van der Waals surface area contributed by atoms with Crippen molar-refractivity contribution in [3.63, 3.8) is 0 Å². The molecule has 0 bridgehead atoms. The van der Waals surface area contributed by atoms with E-state index in [9.17, 15) is 4.79 Å². The highest BCUT2D eigenvalue weighted by Gasteiger charge is 1.94. The van der Waals surface area contributed by atoms with Crippen LogP contribution in [0, 0.1) is 0 Å². The molecule has 0 atom stereocenters. The number of rotatable bonds is 2. The first-order chi connectivity index (χ1) is 4.22. The van der Waals surface area contributed by atoms with Gasteiger partial charge in [-0.15, -0.1) is 0 Å². The van der Waals surface area contributed by atoms with Crippen LogP contribution in [0.15, 0.2) is 23.8 Å². The van der Waals surface area contributed by atoms with E-state index in [-0.39, 0.29) is 5.91 Å². The second-order valence-corrected chi connectivity index (χ2v) is 1.61. The van der Waals surface area contributed by atoms with Crippen LogP contribution in [0.3, 0.4) is 0 Å². The van der Waals surface area contributed by atoms with Crippen molar-refractivity contribution in [1.29, 1.82) is 0 Å². The number of allylic oxidation sites excluding steroid dienone is 2. The Morgan fingerprint density at radius 3 is 2.11 bits per heavy atom. The molecule has 0 spiro atoms. The molecule has 2 N–H and O–H groups in total. The molecule has 1 amide bonds. The molecule has 0 aromatic heterocycles. The summed E-state index contributed by atoms with van der Waals surface area (Å²) in [5.74, 6) is -0.379. The first-order valence-corrected chi connectivity index (χ1v) is 2.81. The smallest absolute Gasteiger partial charge is 0.248 e. The zero-order chi connectivity index (χ0) is 7.28. The first-order valence-electron chi connectivity index (χ1n) is 2.81. The Morgan fingerprint density at radius 2 is 2.00 bits per heavy atom. The van der Waals surface area contributed by atoms with Crippen LogP contribution in [0.5, 0.6) is 0 Å². The van der Waals surface area contributed by atoms with Gasteiger partial charge in [-0.25, -0.2) is 0 Å². The number of carbonyl (C=O) groups is 1. The van der Waals surface area contributed by atoms with E-state index in [0.29, 0.717) is 5.57 Å². The molecule has 0 aliphatic carbocycles. The Labute approximate surface area is 55.1 Å². The summed E-state index contributed by atoms with van der Waals surface area (Å²) in [4.78, 5) is 10.4. The van der Waals surface area contributed by atoms with Crippen molar-refractivity contribution >= 4 is 5.91 Å². The Kier molecular flexibility index (Phi) is 3.44. The van der Waals surface area contributed by atoms with Crippen molar-refractivity contribution in [3.8, 4) is 0 Å². The quantitative estimate of drug-likeness (QED) is 0.434. The number of nitrogens with two attached hydrogens (primary N) is 1. The van der Waals surface area contributed by atoms with E-state index in [4.69, 9.17) is 5.73 Å². The second kappa shape index (κ2) is 3.89. The highest BCUT2D eigenvalue weighted by molar-refractivity contribution is 5.94. The number of carbonyl (C=O) groups excluding carboxylic acids is 1. The van der Waals surface area contributed by atoms with Crippen LogP contribution in [0.2, 0.25) is 0 Å². The van der Waals surface area contributed by atoms with Crippen molar-refractivity contribution in [2.45, 2.75) is 13.8 Å². The summed E-state index contributed by atoms with van der Waals surface area (Å²) in [6, 6.07) is 0. The van der Waals surface area contributed by atoms with Crippen molar-refractivity contribution in [2.75, 3.05) is 0 Å². The summed E-state index contributed by atoms with van der Waals surface area (Å²) < 4.78 is 0. The molecule has 0 aromatic carbocycles. The van der Waals surface area contributed by atoms with E-state index >= 15 is 0 Å². The maximum atomic E-state index is 10.4. The van der Waals surface area contributed by atoms with Crippen molar-refractivity contribution in [3.05, 3.63) is 23.8 Å². The van der Waals surface area contributed by atoms with Crippen LogP contribution < -0.4 is 5.73 Å². The SMILES string of the molecule is C/C=C\C(=C/C)C(N)=O. The fourth-order valence-corrected chi connectivity index (χ4v) is 0.500. The normalized spacial score (nSPS) is 12.4. The molecule has 0 heterocycles. The lowest BCUT2D eigenvalue weighted by Crippen LogP contribution is -2.11. The first kappa shape index (κ1) is 7.95. The van der Waals surface area contributed by atoms with Crippen LogP contribution in [0.1, 0.15) is 13.8 Å². The fraction of sp³-hybridized carbons (Fsp3) is 0.286. The molecule has 0 rings (SSSR count). The lowest BCUT2D eigenvalue weighted by Gasteiger charge is -1.89. The van der Waals surface area contributed by atoms with E-state index in [0.717, 1.165) is 0 Å². The second-order valence-electron chi connectivity index (χ2n) is 1.61. The van der Waals surface area contributed by atoms with E-state index < -0.39 is 0 Å². The monoisotopic (exact) mass is 125 g/mol. The van der Waals surface area contributed by atoms with Crippen LogP contribution >= 0.6 is 0 Å². The number of hydrogen-bond donors (Lipinski definition) is 1. The maximum absolute atomic E-state index is 10.4. The Hall–Kier alpha value is -1.05. The minimum Gasteiger partial charge on any atom is -0.366 e. The van der Waals surface area contributed by atoms with Gasteiger partial charge in [0.2, 0.25) is 5.91 Å². The van der Waals surface area contributed by atoms with Gasteiger partial charge in [0.05, 0.1) is 0 Å². The van der Waals surface area contributed by atoms with Gasteiger partial charge < -0.3 is 5.73 Å². The van der Waals surface area contributed by atoms with Gasteiger partial charge >= 0.3 is 0 Å². The molecule has 9 heavy (non-hydrogen) atoms. The summed E-state index contributed by atoms with van der Waals surface area (Å²) in [5, 5.41) is 0. The van der Waals surface area contributed by atoms with Gasteiger partial charge in [-0.1, -0.05) is 18.2 Å². The number of primary amides is 1. The van der Waals surface area contributed by atoms with Crippen LogP contribution in [-0.4, -0.2) is 5.91 Å². The molecule has 0 aromatic rings. The lowest BCUT2D eigenvalue weighted by molar-refractivity contribution is -0.114. The number of amides is 1. The Balaban J connectivity index is 4.19. The minimum atomic E-state index is -0.379. The molecule has 0 radical (unpaired) electrons. The summed E-state index contributed by atoms with van der Waals surface area (Å²) in [7, 11) is 0. The number of hydrogen-bond acceptors (Lipinski definition) is 1. The highest BCUT2D eigenvalue weighted by atomic mass is 16.1. The standard InChI is InChI=1S/C7H11NO/c1-3-5-6(4-2)7(8)9/h3-5H,1-2H3,(H2,8,9)/b5-3-,6-4+. The molecule has 2 nitrogen and oxygen atoms in total. The van der Waals surface area contributed by atoms with E-state index in [1.165, 1.54) is 0 Å². The topological polar surface area (TPSA) is 43.1 Å². The van der Waals surface area contributed by atoms with Gasteiger partial charge in [0.1, 0.15) is 0 Å². The summed E-state index contributed by atoms with van der Waals surface area (Å²) in [5.41, 5.74) is 5.53. The van der Waals surface area contributed by atoms with Gasteiger partial charge in [-0.05, 0) is 13.8 Å². The molecular weight excluding hydrogens is 114 g/mol. The maximum Gasteiger partial charge on any atom is 0.248 e. The van der Waals surface area contributed by atoms with Gasteiger partial charge in [0.15, 0.2) is 0 Å². The highest BCUT2D eigenvalue weighted by Crippen LogP contribution is 1.93. The lowest BCUT2D eigenvalue weighted by atomic mass is 10.2. The Bertz CT molecular complexity index is 156. The van der Waals surface area contributed by atoms with Crippen molar-refractivity contribution < 1.29 is 4.79 Å². The van der Waals surface area contributed by atoms with E-state index in [1.807, 2.05) is 6.92 Å². The molecule has 2 heteroatoms. The zero-order valence-corrected chi connectivity index (χ0v) is 5.72. The molecule has 0 aliphatic heterocycles. The average molecular weight is 125 g/mol. The van der Waals surface area contributed by atoms with Crippen molar-refractivity contribution in [1.82, 2.24) is 0 Å². The molecule has 50 valence electrons. The molecule has 0 fully saturated rings. The summed E-state index contributed by atoms with van der Waals surface area (Å²) in [6.45, 7) is 3.62. The van der Waals surface area contributed by atoms with Gasteiger partial charge in [-0.2, -0.15) is 0 Å². The van der Waals surface area contributed by atoms with Crippen molar-refractivity contribution in [2.24, 2.45) is 5.73 Å². The van der Waals surface area contributed by atoms with E-state index in [2.05, 4.69) is 0 Å². The Morgan fingerprint density at radius 1 is 1.44 bits per heavy atom.